The summed E-state index contributed by atoms with van der Waals surface area (Å²) in [4.78, 5) is 17.9. The molecule has 2 atom stereocenters. The van der Waals surface area contributed by atoms with Crippen molar-refractivity contribution in [1.82, 2.24) is 20.4 Å². The normalized spacial score (nSPS) is 23.9. The lowest BCUT2D eigenvalue weighted by Crippen LogP contribution is -2.55. The standard InChI is InChI=1S/C11H18N4O3/c1-7-10(12-4-5-17-7)11(16)15(3)6-9-13-8(2)18-14-9/h7,10,12H,4-6H2,1-3H3/t7-,10+/m1/s1. The number of hydrogen-bond acceptors (Lipinski definition) is 6. The molecule has 7 heteroatoms. The molecule has 0 spiro atoms. The predicted molar refractivity (Wildman–Crippen MR) is 62.7 cm³/mol. The molecule has 0 bridgehead atoms. The van der Waals surface area contributed by atoms with Crippen LogP contribution in [0.3, 0.4) is 0 Å². The fraction of sp³-hybridized carbons (Fsp3) is 0.727. The van der Waals surface area contributed by atoms with Gasteiger partial charge in [0.25, 0.3) is 0 Å². The van der Waals surface area contributed by atoms with E-state index in [4.69, 9.17) is 9.26 Å². The molecular weight excluding hydrogens is 236 g/mol. The SMILES string of the molecule is Cc1nc(CN(C)C(=O)[C@H]2NCCO[C@@H]2C)no1. The Morgan fingerprint density at radius 1 is 1.61 bits per heavy atom. The van der Waals surface area contributed by atoms with Crippen molar-refractivity contribution < 1.29 is 14.1 Å². The van der Waals surface area contributed by atoms with Gasteiger partial charge in [-0.15, -0.1) is 0 Å². The molecule has 1 aliphatic rings. The van der Waals surface area contributed by atoms with Gasteiger partial charge in [-0.3, -0.25) is 4.79 Å². The Bertz CT molecular complexity index is 420. The number of ether oxygens (including phenoxy) is 1. The number of carbonyl (C=O) groups excluding carboxylic acids is 1. The minimum Gasteiger partial charge on any atom is -0.375 e. The van der Waals surface area contributed by atoms with Crippen LogP contribution in [0, 0.1) is 6.92 Å². The van der Waals surface area contributed by atoms with E-state index in [2.05, 4.69) is 15.5 Å². The number of carbonyl (C=O) groups is 1. The highest BCUT2D eigenvalue weighted by atomic mass is 16.5. The molecule has 2 heterocycles. The molecule has 1 aromatic heterocycles. The Morgan fingerprint density at radius 3 is 3.00 bits per heavy atom. The van der Waals surface area contributed by atoms with E-state index in [1.165, 1.54) is 0 Å². The summed E-state index contributed by atoms with van der Waals surface area (Å²) in [7, 11) is 1.72. The maximum absolute atomic E-state index is 12.2. The summed E-state index contributed by atoms with van der Waals surface area (Å²) in [5.74, 6) is 0.982. The van der Waals surface area contributed by atoms with E-state index in [0.29, 0.717) is 31.4 Å². The number of likely N-dealkylation sites (N-methyl/N-ethyl adjacent to an activating group) is 1. The summed E-state index contributed by atoms with van der Waals surface area (Å²) in [6, 6.07) is -0.309. The van der Waals surface area contributed by atoms with Crippen molar-refractivity contribution >= 4 is 5.91 Å². The Labute approximate surface area is 105 Å². The van der Waals surface area contributed by atoms with E-state index in [1.54, 1.807) is 18.9 Å². The zero-order chi connectivity index (χ0) is 13.1. The lowest BCUT2D eigenvalue weighted by molar-refractivity contribution is -0.138. The first-order valence-electron chi connectivity index (χ1n) is 5.97. The van der Waals surface area contributed by atoms with Crippen LogP contribution in [0.2, 0.25) is 0 Å². The Balaban J connectivity index is 1.95. The third kappa shape index (κ3) is 2.85. The fourth-order valence-electron chi connectivity index (χ4n) is 1.94. The van der Waals surface area contributed by atoms with Crippen molar-refractivity contribution in [3.05, 3.63) is 11.7 Å². The lowest BCUT2D eigenvalue weighted by Gasteiger charge is -2.31. The Hall–Kier alpha value is -1.47. The molecule has 1 fully saturated rings. The second kappa shape index (κ2) is 5.45. The first-order chi connectivity index (χ1) is 8.58. The first kappa shape index (κ1) is 13.0. The monoisotopic (exact) mass is 254 g/mol. The number of nitrogens with one attached hydrogen (secondary N) is 1. The third-order valence-electron chi connectivity index (χ3n) is 2.91. The van der Waals surface area contributed by atoms with Gasteiger partial charge in [-0.1, -0.05) is 5.16 Å². The molecule has 1 aliphatic heterocycles. The zero-order valence-corrected chi connectivity index (χ0v) is 10.8. The van der Waals surface area contributed by atoms with Gasteiger partial charge in [-0.05, 0) is 6.92 Å². The number of nitrogens with zero attached hydrogens (tertiary/aromatic N) is 3. The highest BCUT2D eigenvalue weighted by Crippen LogP contribution is 2.08. The van der Waals surface area contributed by atoms with Crippen LogP contribution < -0.4 is 5.32 Å². The number of amides is 1. The second-order valence-corrected chi connectivity index (χ2v) is 4.43. The summed E-state index contributed by atoms with van der Waals surface area (Å²) >= 11 is 0. The van der Waals surface area contributed by atoms with Crippen molar-refractivity contribution in [2.45, 2.75) is 32.5 Å². The topological polar surface area (TPSA) is 80.5 Å². The van der Waals surface area contributed by atoms with Crippen LogP contribution in [-0.2, 0) is 16.1 Å². The van der Waals surface area contributed by atoms with Crippen LogP contribution in [0.15, 0.2) is 4.52 Å². The molecule has 1 N–H and O–H groups in total. The minimum absolute atomic E-state index is 0.0235. The number of hydrogen-bond donors (Lipinski definition) is 1. The molecule has 0 unspecified atom stereocenters. The van der Waals surface area contributed by atoms with Crippen LogP contribution in [-0.4, -0.2) is 53.3 Å². The quantitative estimate of drug-likeness (QED) is 0.798. The molecular formula is C11H18N4O3. The lowest BCUT2D eigenvalue weighted by atomic mass is 10.1. The summed E-state index contributed by atoms with van der Waals surface area (Å²) in [5.41, 5.74) is 0. The van der Waals surface area contributed by atoms with Crippen molar-refractivity contribution in [2.24, 2.45) is 0 Å². The van der Waals surface area contributed by atoms with Crippen molar-refractivity contribution in [1.29, 1.82) is 0 Å². The third-order valence-corrected chi connectivity index (χ3v) is 2.91. The Morgan fingerprint density at radius 2 is 2.39 bits per heavy atom. The average Bonchev–Trinajstić information content (AvgIpc) is 2.74. The van der Waals surface area contributed by atoms with E-state index in [0.717, 1.165) is 0 Å². The van der Waals surface area contributed by atoms with Crippen LogP contribution in [0.1, 0.15) is 18.6 Å². The van der Waals surface area contributed by atoms with Crippen molar-refractivity contribution in [3.63, 3.8) is 0 Å². The van der Waals surface area contributed by atoms with Gasteiger partial charge >= 0.3 is 0 Å². The first-order valence-corrected chi connectivity index (χ1v) is 5.97. The largest absolute Gasteiger partial charge is 0.375 e. The predicted octanol–water partition coefficient (Wildman–Crippen LogP) is -0.287. The number of rotatable bonds is 3. The van der Waals surface area contributed by atoms with Crippen LogP contribution >= 0.6 is 0 Å². The molecule has 18 heavy (non-hydrogen) atoms. The van der Waals surface area contributed by atoms with Crippen LogP contribution in [0.25, 0.3) is 0 Å². The van der Waals surface area contributed by atoms with Crippen molar-refractivity contribution in [2.75, 3.05) is 20.2 Å². The average molecular weight is 254 g/mol. The molecule has 0 saturated carbocycles. The van der Waals surface area contributed by atoms with Gasteiger partial charge in [0, 0.05) is 20.5 Å². The maximum atomic E-state index is 12.2. The van der Waals surface area contributed by atoms with E-state index >= 15 is 0 Å². The number of morpholine rings is 1. The summed E-state index contributed by atoms with van der Waals surface area (Å²) in [5, 5.41) is 6.93. The van der Waals surface area contributed by atoms with Gasteiger partial charge in [0.05, 0.1) is 19.3 Å². The highest BCUT2D eigenvalue weighted by molar-refractivity contribution is 5.82. The van der Waals surface area contributed by atoms with Gasteiger partial charge in [0.1, 0.15) is 6.04 Å². The minimum atomic E-state index is -0.309. The van der Waals surface area contributed by atoms with E-state index < -0.39 is 0 Å². The number of aryl methyl sites for hydroxylation is 1. The molecule has 2 rings (SSSR count). The second-order valence-electron chi connectivity index (χ2n) is 4.43. The van der Waals surface area contributed by atoms with Gasteiger partial charge in [0.2, 0.25) is 11.8 Å². The molecule has 0 aromatic carbocycles. The summed E-state index contributed by atoms with van der Waals surface area (Å²) in [6.45, 7) is 5.27. The van der Waals surface area contributed by atoms with E-state index in [9.17, 15) is 4.79 Å². The molecule has 100 valence electrons. The summed E-state index contributed by atoms with van der Waals surface area (Å²) in [6.07, 6.45) is -0.124. The highest BCUT2D eigenvalue weighted by Gasteiger charge is 2.30. The molecule has 0 radical (unpaired) electrons. The maximum Gasteiger partial charge on any atom is 0.242 e. The molecule has 7 nitrogen and oxygen atoms in total. The smallest absolute Gasteiger partial charge is 0.242 e. The van der Waals surface area contributed by atoms with E-state index in [1.807, 2.05) is 6.92 Å². The van der Waals surface area contributed by atoms with E-state index in [-0.39, 0.29) is 18.1 Å². The molecule has 1 amide bonds. The molecule has 1 saturated heterocycles. The van der Waals surface area contributed by atoms with Crippen molar-refractivity contribution in [3.8, 4) is 0 Å². The van der Waals surface area contributed by atoms with Crippen LogP contribution in [0.5, 0.6) is 0 Å². The Kier molecular flexibility index (Phi) is 3.93. The van der Waals surface area contributed by atoms with Gasteiger partial charge in [-0.2, -0.15) is 4.98 Å². The fourth-order valence-corrected chi connectivity index (χ4v) is 1.94. The molecule has 0 aliphatic carbocycles. The van der Waals surface area contributed by atoms with Gasteiger partial charge in [-0.25, -0.2) is 0 Å². The number of aromatic nitrogens is 2. The van der Waals surface area contributed by atoms with Gasteiger partial charge in [0.15, 0.2) is 5.82 Å². The summed E-state index contributed by atoms with van der Waals surface area (Å²) < 4.78 is 10.3. The van der Waals surface area contributed by atoms with Crippen LogP contribution in [0.4, 0.5) is 0 Å². The zero-order valence-electron chi connectivity index (χ0n) is 10.8. The molecule has 1 aromatic rings. The van der Waals surface area contributed by atoms with Gasteiger partial charge < -0.3 is 19.5 Å².